The number of anilines is 1. The molecule has 2 aliphatic rings. The number of thioether (sulfide) groups is 1. The zero-order valence-corrected chi connectivity index (χ0v) is 17.2. The van der Waals surface area contributed by atoms with Crippen LogP contribution in [0.2, 0.25) is 0 Å². The number of carbonyl (C=O) groups excluding carboxylic acids is 2. The Bertz CT molecular complexity index is 1170. The van der Waals surface area contributed by atoms with Crippen molar-refractivity contribution < 1.29 is 18.4 Å². The van der Waals surface area contributed by atoms with Crippen molar-refractivity contribution in [2.45, 2.75) is 11.4 Å². The van der Waals surface area contributed by atoms with Crippen molar-refractivity contribution in [1.29, 1.82) is 0 Å². The maximum atomic E-state index is 13.8. The number of hydrogen-bond acceptors (Lipinski definition) is 3. The van der Waals surface area contributed by atoms with Crippen LogP contribution in [0.25, 0.3) is 0 Å². The van der Waals surface area contributed by atoms with Crippen LogP contribution >= 0.6 is 11.8 Å². The standard InChI is InChI=1S/C24H18F2N2O2S/c25-18-9-5-16(6-10-18)15-27-21-4-2-1-3-20(21)24(23(27)30)28(13-14-31-24)22(29)17-7-11-19(26)12-8-17/h1-12H,13-15H2/t24-/m0/s1. The summed E-state index contributed by atoms with van der Waals surface area (Å²) in [5, 5.41) is 0. The molecule has 3 aromatic rings. The van der Waals surface area contributed by atoms with Crippen LogP contribution in [-0.2, 0) is 16.2 Å². The van der Waals surface area contributed by atoms with Gasteiger partial charge in [0.2, 0.25) is 0 Å². The van der Waals surface area contributed by atoms with E-state index in [0.717, 1.165) is 16.8 Å². The van der Waals surface area contributed by atoms with Gasteiger partial charge in [0, 0.05) is 23.4 Å². The molecular formula is C24H18F2N2O2S. The Morgan fingerprint density at radius 1 is 0.935 bits per heavy atom. The molecule has 0 aliphatic carbocycles. The third kappa shape index (κ3) is 3.11. The largest absolute Gasteiger partial charge is 0.311 e. The minimum atomic E-state index is -1.16. The zero-order valence-electron chi connectivity index (χ0n) is 16.4. The zero-order chi connectivity index (χ0) is 21.6. The van der Waals surface area contributed by atoms with Crippen molar-refractivity contribution in [2.24, 2.45) is 0 Å². The van der Waals surface area contributed by atoms with Gasteiger partial charge in [-0.25, -0.2) is 8.78 Å². The van der Waals surface area contributed by atoms with Crippen molar-refractivity contribution >= 4 is 29.3 Å². The van der Waals surface area contributed by atoms with E-state index in [1.807, 2.05) is 24.3 Å². The Balaban J connectivity index is 1.56. The Hall–Kier alpha value is -3.19. The highest BCUT2D eigenvalue weighted by atomic mass is 32.2. The van der Waals surface area contributed by atoms with Crippen LogP contribution < -0.4 is 4.90 Å². The maximum Gasteiger partial charge on any atom is 0.268 e. The van der Waals surface area contributed by atoms with E-state index in [1.54, 1.807) is 21.9 Å². The number of halogens is 2. The van der Waals surface area contributed by atoms with E-state index in [4.69, 9.17) is 0 Å². The van der Waals surface area contributed by atoms with Gasteiger partial charge in [-0.1, -0.05) is 30.3 Å². The second kappa shape index (κ2) is 7.50. The lowest BCUT2D eigenvalue weighted by Gasteiger charge is -2.33. The molecule has 2 amide bonds. The number of nitrogens with zero attached hydrogens (tertiary/aromatic N) is 2. The molecule has 5 rings (SSSR count). The lowest BCUT2D eigenvalue weighted by molar-refractivity contribution is -0.123. The Labute approximate surface area is 182 Å². The molecule has 156 valence electrons. The molecule has 2 heterocycles. The first kappa shape index (κ1) is 19.8. The first-order chi connectivity index (χ1) is 15.0. The van der Waals surface area contributed by atoms with Crippen LogP contribution in [0.5, 0.6) is 0 Å². The SMILES string of the molecule is O=C(c1ccc(F)cc1)N1CCS[C@@]12C(=O)N(Cc1ccc(F)cc1)c1ccccc12. The summed E-state index contributed by atoms with van der Waals surface area (Å²) in [7, 11) is 0. The smallest absolute Gasteiger partial charge is 0.268 e. The minimum absolute atomic E-state index is 0.198. The number of hydrogen-bond donors (Lipinski definition) is 0. The van der Waals surface area contributed by atoms with Crippen molar-refractivity contribution in [3.05, 3.63) is 101 Å². The average Bonchev–Trinajstić information content (AvgIpc) is 3.33. The molecule has 4 nitrogen and oxygen atoms in total. The summed E-state index contributed by atoms with van der Waals surface area (Å²) < 4.78 is 26.7. The summed E-state index contributed by atoms with van der Waals surface area (Å²) in [6, 6.07) is 18.9. The van der Waals surface area contributed by atoms with Gasteiger partial charge in [0.1, 0.15) is 11.6 Å². The molecule has 0 bridgehead atoms. The summed E-state index contributed by atoms with van der Waals surface area (Å²) in [5.74, 6) is -0.657. The van der Waals surface area contributed by atoms with Gasteiger partial charge in [-0.15, -0.1) is 11.8 Å². The van der Waals surface area contributed by atoms with Crippen LogP contribution in [0.15, 0.2) is 72.8 Å². The van der Waals surface area contributed by atoms with Gasteiger partial charge in [-0.3, -0.25) is 9.59 Å². The Kier molecular flexibility index (Phi) is 4.78. The van der Waals surface area contributed by atoms with Crippen LogP contribution in [-0.4, -0.2) is 29.0 Å². The second-order valence-corrected chi connectivity index (χ2v) is 8.78. The van der Waals surface area contributed by atoms with Crippen LogP contribution in [0.4, 0.5) is 14.5 Å². The first-order valence-corrected chi connectivity index (χ1v) is 10.9. The lowest BCUT2D eigenvalue weighted by atomic mass is 10.0. The van der Waals surface area contributed by atoms with E-state index in [-0.39, 0.29) is 24.2 Å². The highest BCUT2D eigenvalue weighted by Crippen LogP contribution is 2.54. The molecule has 3 aromatic carbocycles. The van der Waals surface area contributed by atoms with E-state index >= 15 is 0 Å². The van der Waals surface area contributed by atoms with E-state index in [0.29, 0.717) is 17.9 Å². The second-order valence-electron chi connectivity index (χ2n) is 7.49. The predicted octanol–water partition coefficient (Wildman–Crippen LogP) is 4.55. The number of carbonyl (C=O) groups is 2. The summed E-state index contributed by atoms with van der Waals surface area (Å²) in [5.41, 5.74) is 2.63. The first-order valence-electron chi connectivity index (χ1n) is 9.88. The summed E-state index contributed by atoms with van der Waals surface area (Å²) in [6.45, 7) is 0.683. The lowest BCUT2D eigenvalue weighted by Crippen LogP contribution is -2.50. The Morgan fingerprint density at radius 3 is 2.29 bits per heavy atom. The van der Waals surface area contributed by atoms with Gasteiger partial charge in [0.15, 0.2) is 4.87 Å². The molecular weight excluding hydrogens is 418 g/mol. The molecule has 31 heavy (non-hydrogen) atoms. The van der Waals surface area contributed by atoms with E-state index in [2.05, 4.69) is 0 Å². The van der Waals surface area contributed by atoms with Gasteiger partial charge in [-0.05, 0) is 48.0 Å². The monoisotopic (exact) mass is 436 g/mol. The number of fused-ring (bicyclic) bond motifs is 2. The summed E-state index contributed by atoms with van der Waals surface area (Å²) >= 11 is 1.43. The number of rotatable bonds is 3. The molecule has 0 N–H and O–H groups in total. The van der Waals surface area contributed by atoms with Crippen LogP contribution in [0.1, 0.15) is 21.5 Å². The van der Waals surface area contributed by atoms with Gasteiger partial charge < -0.3 is 9.80 Å². The van der Waals surface area contributed by atoms with Crippen LogP contribution in [0.3, 0.4) is 0 Å². The molecule has 2 aliphatic heterocycles. The normalized spacial score (nSPS) is 19.9. The number of amides is 2. The predicted molar refractivity (Wildman–Crippen MR) is 116 cm³/mol. The molecule has 1 saturated heterocycles. The third-order valence-corrected chi connectivity index (χ3v) is 7.11. The Morgan fingerprint density at radius 2 is 1.58 bits per heavy atom. The van der Waals surface area contributed by atoms with Crippen molar-refractivity contribution in [2.75, 3.05) is 17.2 Å². The van der Waals surface area contributed by atoms with Gasteiger partial charge >= 0.3 is 0 Å². The average molecular weight is 436 g/mol. The molecule has 7 heteroatoms. The van der Waals surface area contributed by atoms with Crippen molar-refractivity contribution in [3.8, 4) is 0 Å². The number of para-hydroxylation sites is 1. The fourth-order valence-corrected chi connectivity index (χ4v) is 5.71. The van der Waals surface area contributed by atoms with E-state index in [9.17, 15) is 18.4 Å². The minimum Gasteiger partial charge on any atom is -0.311 e. The summed E-state index contributed by atoms with van der Waals surface area (Å²) in [6.07, 6.45) is 0. The molecule has 0 unspecified atom stereocenters. The van der Waals surface area contributed by atoms with E-state index in [1.165, 1.54) is 48.2 Å². The van der Waals surface area contributed by atoms with Gasteiger partial charge in [0.05, 0.1) is 12.2 Å². The van der Waals surface area contributed by atoms with Crippen molar-refractivity contribution in [3.63, 3.8) is 0 Å². The fraction of sp³-hybridized carbons (Fsp3) is 0.167. The number of benzene rings is 3. The van der Waals surface area contributed by atoms with Crippen molar-refractivity contribution in [1.82, 2.24) is 4.90 Å². The molecule has 1 atom stereocenters. The quantitative estimate of drug-likeness (QED) is 0.605. The van der Waals surface area contributed by atoms with E-state index < -0.39 is 10.7 Å². The molecule has 0 aromatic heterocycles. The highest BCUT2D eigenvalue weighted by molar-refractivity contribution is 8.01. The highest BCUT2D eigenvalue weighted by Gasteiger charge is 2.59. The third-order valence-electron chi connectivity index (χ3n) is 5.69. The summed E-state index contributed by atoms with van der Waals surface area (Å²) in [4.78, 5) is 29.3. The maximum absolute atomic E-state index is 13.8. The topological polar surface area (TPSA) is 40.6 Å². The molecule has 1 fully saturated rings. The van der Waals surface area contributed by atoms with Gasteiger partial charge in [0.25, 0.3) is 11.8 Å². The van der Waals surface area contributed by atoms with Crippen LogP contribution in [0, 0.1) is 11.6 Å². The molecule has 0 saturated carbocycles. The fourth-order valence-electron chi connectivity index (χ4n) is 4.25. The molecule has 1 spiro atoms. The van der Waals surface area contributed by atoms with Gasteiger partial charge in [-0.2, -0.15) is 0 Å². The molecule has 0 radical (unpaired) electrons.